The zero-order valence-electron chi connectivity index (χ0n) is 11.6. The van der Waals surface area contributed by atoms with Crippen LogP contribution in [-0.4, -0.2) is 24.6 Å². The minimum Gasteiger partial charge on any atom is -0.244 e. The first-order chi connectivity index (χ1) is 10.4. The monoisotopic (exact) mass is 277 g/mol. The Morgan fingerprint density at radius 1 is 1.19 bits per heavy atom. The molecular weight excluding hydrogens is 262 g/mol. The number of hydrogen-bond acceptors (Lipinski definition) is 4. The summed E-state index contributed by atoms with van der Waals surface area (Å²) in [7, 11) is 0. The van der Waals surface area contributed by atoms with Crippen LogP contribution in [0.5, 0.6) is 0 Å². The van der Waals surface area contributed by atoms with Gasteiger partial charge in [-0.05, 0) is 36.7 Å². The molecular formula is C16H15N5. The largest absolute Gasteiger partial charge is 0.244 e. The Bertz CT molecular complexity index is 819. The lowest BCUT2D eigenvalue weighted by Crippen LogP contribution is -2.14. The van der Waals surface area contributed by atoms with E-state index >= 15 is 0 Å². The molecule has 2 fully saturated rings. The molecule has 2 saturated carbocycles. The predicted molar refractivity (Wildman–Crippen MR) is 77.7 cm³/mol. The summed E-state index contributed by atoms with van der Waals surface area (Å²) in [6, 6.07) is 2.19. The second-order valence-corrected chi connectivity index (χ2v) is 6.28. The molecule has 0 saturated heterocycles. The average molecular weight is 277 g/mol. The van der Waals surface area contributed by atoms with Gasteiger partial charge < -0.3 is 0 Å². The first-order valence-electron chi connectivity index (χ1n) is 7.45. The van der Waals surface area contributed by atoms with Gasteiger partial charge in [-0.15, -0.1) is 0 Å². The van der Waals surface area contributed by atoms with Gasteiger partial charge in [-0.3, -0.25) is 0 Å². The molecule has 1 atom stereocenters. The molecule has 3 aromatic heterocycles. The van der Waals surface area contributed by atoms with E-state index in [1.807, 2.05) is 29.3 Å². The number of imidazole rings is 1. The standard InChI is InChI=1S/C16H15N5/c1-2-16(3-1)7-13(16)12-6-14(11-8-17-10-18-9-11)20-21-5-4-19-15(12)21/h4-6,8-10,13H,1-3,7H2/t13-/m1/s1. The maximum atomic E-state index is 4.64. The summed E-state index contributed by atoms with van der Waals surface area (Å²) in [4.78, 5) is 12.7. The van der Waals surface area contributed by atoms with Crippen molar-refractivity contribution < 1.29 is 0 Å². The zero-order chi connectivity index (χ0) is 13.9. The SMILES string of the molecule is c1ncc(-c2cc([C@H]3CC34CCC4)c3nccn3n2)cn1. The van der Waals surface area contributed by atoms with E-state index in [2.05, 4.69) is 26.1 Å². The Morgan fingerprint density at radius 2 is 2.05 bits per heavy atom. The lowest BCUT2D eigenvalue weighted by Gasteiger charge is -2.26. The highest BCUT2D eigenvalue weighted by molar-refractivity contribution is 5.63. The Labute approximate surface area is 122 Å². The summed E-state index contributed by atoms with van der Waals surface area (Å²) in [6.07, 6.45) is 14.4. The van der Waals surface area contributed by atoms with E-state index in [1.165, 1.54) is 31.2 Å². The molecule has 5 heteroatoms. The Morgan fingerprint density at radius 3 is 2.76 bits per heavy atom. The molecule has 5 nitrogen and oxygen atoms in total. The number of nitrogens with zero attached hydrogens (tertiary/aromatic N) is 5. The van der Waals surface area contributed by atoms with Crippen LogP contribution in [-0.2, 0) is 0 Å². The lowest BCUT2D eigenvalue weighted by atomic mass is 9.78. The van der Waals surface area contributed by atoms with Crippen LogP contribution in [0, 0.1) is 5.41 Å². The van der Waals surface area contributed by atoms with Gasteiger partial charge in [0.1, 0.15) is 6.33 Å². The molecule has 1 spiro atoms. The van der Waals surface area contributed by atoms with Gasteiger partial charge in [-0.25, -0.2) is 19.5 Å². The van der Waals surface area contributed by atoms with Crippen LogP contribution in [0.4, 0.5) is 0 Å². The third-order valence-electron chi connectivity index (χ3n) is 5.16. The summed E-state index contributed by atoms with van der Waals surface area (Å²) < 4.78 is 1.89. The lowest BCUT2D eigenvalue weighted by molar-refractivity contribution is 0.277. The summed E-state index contributed by atoms with van der Waals surface area (Å²) in [6.45, 7) is 0. The van der Waals surface area contributed by atoms with E-state index in [0.29, 0.717) is 11.3 Å². The van der Waals surface area contributed by atoms with Crippen LogP contribution < -0.4 is 0 Å². The van der Waals surface area contributed by atoms with E-state index in [0.717, 1.165) is 16.9 Å². The predicted octanol–water partition coefficient (Wildman–Crippen LogP) is 2.84. The van der Waals surface area contributed by atoms with Crippen molar-refractivity contribution in [3.63, 3.8) is 0 Å². The zero-order valence-corrected chi connectivity index (χ0v) is 11.6. The van der Waals surface area contributed by atoms with Crippen molar-refractivity contribution in [3.8, 4) is 11.3 Å². The molecule has 0 amide bonds. The van der Waals surface area contributed by atoms with Gasteiger partial charge in [-0.2, -0.15) is 5.10 Å². The Kier molecular flexibility index (Phi) is 2.10. The van der Waals surface area contributed by atoms with Crippen LogP contribution in [0.1, 0.15) is 37.2 Å². The van der Waals surface area contributed by atoms with Crippen LogP contribution in [0.15, 0.2) is 37.2 Å². The van der Waals surface area contributed by atoms with Gasteiger partial charge >= 0.3 is 0 Å². The summed E-state index contributed by atoms with van der Waals surface area (Å²) in [5.41, 5.74) is 4.81. The Balaban J connectivity index is 1.68. The quantitative estimate of drug-likeness (QED) is 0.722. The van der Waals surface area contributed by atoms with Crippen molar-refractivity contribution in [1.82, 2.24) is 24.6 Å². The van der Waals surface area contributed by atoms with Crippen molar-refractivity contribution >= 4 is 5.65 Å². The van der Waals surface area contributed by atoms with Gasteiger partial charge in [0, 0.05) is 35.9 Å². The summed E-state index contributed by atoms with van der Waals surface area (Å²) in [5.74, 6) is 0.655. The fraction of sp³-hybridized carbons (Fsp3) is 0.375. The van der Waals surface area contributed by atoms with Crippen molar-refractivity contribution in [1.29, 1.82) is 0 Å². The molecule has 0 unspecified atom stereocenters. The minimum absolute atomic E-state index is 0.582. The number of rotatable bonds is 2. The van der Waals surface area contributed by atoms with E-state index < -0.39 is 0 Å². The van der Waals surface area contributed by atoms with Gasteiger partial charge in [0.2, 0.25) is 0 Å². The molecule has 0 aliphatic heterocycles. The third-order valence-corrected chi connectivity index (χ3v) is 5.16. The average Bonchev–Trinajstić information content (AvgIpc) is 3.10. The van der Waals surface area contributed by atoms with Gasteiger partial charge in [0.15, 0.2) is 5.65 Å². The van der Waals surface area contributed by atoms with E-state index in [1.54, 1.807) is 6.33 Å². The third kappa shape index (κ3) is 1.57. The second-order valence-electron chi connectivity index (χ2n) is 6.28. The van der Waals surface area contributed by atoms with Crippen LogP contribution in [0.2, 0.25) is 0 Å². The molecule has 3 heterocycles. The van der Waals surface area contributed by atoms with Crippen LogP contribution >= 0.6 is 0 Å². The fourth-order valence-corrected chi connectivity index (χ4v) is 3.74. The highest BCUT2D eigenvalue weighted by atomic mass is 15.2. The van der Waals surface area contributed by atoms with E-state index in [9.17, 15) is 0 Å². The van der Waals surface area contributed by atoms with Crippen molar-refractivity contribution in [2.24, 2.45) is 5.41 Å². The molecule has 5 rings (SSSR count). The van der Waals surface area contributed by atoms with Crippen molar-refractivity contribution in [3.05, 3.63) is 42.7 Å². The van der Waals surface area contributed by atoms with Crippen molar-refractivity contribution in [2.45, 2.75) is 31.6 Å². The normalized spacial score (nSPS) is 22.4. The van der Waals surface area contributed by atoms with Gasteiger partial charge in [-0.1, -0.05) is 6.42 Å². The minimum atomic E-state index is 0.582. The highest BCUT2D eigenvalue weighted by Crippen LogP contribution is 2.70. The molecule has 0 aromatic carbocycles. The van der Waals surface area contributed by atoms with Gasteiger partial charge in [0.05, 0.1) is 5.69 Å². The Hall–Kier alpha value is -2.30. The first kappa shape index (κ1) is 11.4. The van der Waals surface area contributed by atoms with E-state index in [4.69, 9.17) is 0 Å². The van der Waals surface area contributed by atoms with Gasteiger partial charge in [0.25, 0.3) is 0 Å². The van der Waals surface area contributed by atoms with E-state index in [-0.39, 0.29) is 0 Å². The molecule has 21 heavy (non-hydrogen) atoms. The molecule has 2 aliphatic carbocycles. The first-order valence-corrected chi connectivity index (χ1v) is 7.45. The molecule has 0 N–H and O–H groups in total. The smallest absolute Gasteiger partial charge is 0.156 e. The second kappa shape index (κ2) is 3.87. The molecule has 0 radical (unpaired) electrons. The molecule has 3 aromatic rings. The molecule has 2 aliphatic rings. The highest BCUT2D eigenvalue weighted by Gasteiger charge is 2.58. The summed E-state index contributed by atoms with van der Waals surface area (Å²) >= 11 is 0. The van der Waals surface area contributed by atoms with Crippen molar-refractivity contribution in [2.75, 3.05) is 0 Å². The van der Waals surface area contributed by atoms with Crippen LogP contribution in [0.3, 0.4) is 0 Å². The topological polar surface area (TPSA) is 56.0 Å². The van der Waals surface area contributed by atoms with Crippen LogP contribution in [0.25, 0.3) is 16.9 Å². The number of fused-ring (bicyclic) bond motifs is 1. The maximum Gasteiger partial charge on any atom is 0.156 e. The number of aromatic nitrogens is 5. The number of hydrogen-bond donors (Lipinski definition) is 0. The summed E-state index contributed by atoms with van der Waals surface area (Å²) in [5, 5.41) is 4.64. The maximum absolute atomic E-state index is 4.64. The molecule has 0 bridgehead atoms. The molecule has 104 valence electrons. The fourth-order valence-electron chi connectivity index (χ4n) is 3.74.